The molecule has 0 fully saturated rings. The normalized spacial score (nSPS) is 12.4. The van der Waals surface area contributed by atoms with Crippen molar-refractivity contribution in [2.24, 2.45) is 0 Å². The highest BCUT2D eigenvalue weighted by atomic mass is 16.7. The molecule has 0 atom stereocenters. The second-order valence-corrected chi connectivity index (χ2v) is 4.95. The highest BCUT2D eigenvalue weighted by Crippen LogP contribution is 2.35. The van der Waals surface area contributed by atoms with Crippen LogP contribution in [0.3, 0.4) is 0 Å². The summed E-state index contributed by atoms with van der Waals surface area (Å²) in [6.45, 7) is 3.35. The lowest BCUT2D eigenvalue weighted by Gasteiger charge is -2.08. The number of benzene rings is 1. The molecule has 1 aliphatic rings. The van der Waals surface area contributed by atoms with E-state index >= 15 is 0 Å². The van der Waals surface area contributed by atoms with Crippen molar-refractivity contribution in [3.63, 3.8) is 0 Å². The monoisotopic (exact) mass is 287 g/mol. The lowest BCUT2D eigenvalue weighted by molar-refractivity contribution is 0.173. The zero-order chi connectivity index (χ0) is 14.7. The van der Waals surface area contributed by atoms with Crippen molar-refractivity contribution in [1.82, 2.24) is 4.57 Å². The predicted octanol–water partition coefficient (Wildman–Crippen LogP) is 2.35. The highest BCUT2D eigenvalue weighted by molar-refractivity contribution is 5.46. The number of fused-ring (bicyclic) bond motifs is 1. The van der Waals surface area contributed by atoms with Crippen LogP contribution < -0.4 is 19.8 Å². The number of ether oxygens (including phenoxy) is 3. The molecule has 3 rings (SSSR count). The van der Waals surface area contributed by atoms with E-state index in [1.54, 1.807) is 10.6 Å². The van der Waals surface area contributed by atoms with Crippen molar-refractivity contribution in [3.05, 3.63) is 52.4 Å². The molecular weight excluding hydrogens is 270 g/mol. The summed E-state index contributed by atoms with van der Waals surface area (Å²) >= 11 is 0. The summed E-state index contributed by atoms with van der Waals surface area (Å²) in [5.41, 5.74) is 1.01. The maximum atomic E-state index is 11.7. The number of aromatic nitrogens is 1. The summed E-state index contributed by atoms with van der Waals surface area (Å²) in [5, 5.41) is 0. The number of hydrogen-bond acceptors (Lipinski definition) is 4. The van der Waals surface area contributed by atoms with E-state index in [0.29, 0.717) is 18.9 Å². The average molecular weight is 287 g/mol. The third kappa shape index (κ3) is 3.18. The number of pyridine rings is 1. The summed E-state index contributed by atoms with van der Waals surface area (Å²) in [6, 6.07) is 9.08. The lowest BCUT2D eigenvalue weighted by atomic mass is 10.3. The SMILES string of the molecule is Cc1ccn(CCCOc2ccc3c(c2)OCO3)c(=O)c1. The Hall–Kier alpha value is -2.43. The second kappa shape index (κ2) is 5.91. The van der Waals surface area contributed by atoms with Crippen LogP contribution in [0.25, 0.3) is 0 Å². The summed E-state index contributed by atoms with van der Waals surface area (Å²) < 4.78 is 17.9. The van der Waals surface area contributed by atoms with E-state index in [-0.39, 0.29) is 12.4 Å². The number of rotatable bonds is 5. The fraction of sp³-hybridized carbons (Fsp3) is 0.312. The molecule has 0 saturated carbocycles. The molecule has 2 heterocycles. The maximum Gasteiger partial charge on any atom is 0.250 e. The Labute approximate surface area is 122 Å². The summed E-state index contributed by atoms with van der Waals surface area (Å²) in [5.74, 6) is 2.20. The first-order valence-electron chi connectivity index (χ1n) is 6.92. The largest absolute Gasteiger partial charge is 0.493 e. The standard InChI is InChI=1S/C16H17NO4/c1-12-5-7-17(16(18)9-12)6-2-8-19-13-3-4-14-15(10-13)21-11-20-14/h3-5,7,9-10H,2,6,8,11H2,1H3. The minimum Gasteiger partial charge on any atom is -0.493 e. The fourth-order valence-corrected chi connectivity index (χ4v) is 2.18. The van der Waals surface area contributed by atoms with Gasteiger partial charge in [0.25, 0.3) is 5.56 Å². The van der Waals surface area contributed by atoms with E-state index in [0.717, 1.165) is 23.5 Å². The van der Waals surface area contributed by atoms with Gasteiger partial charge in [0, 0.05) is 24.9 Å². The molecule has 2 aromatic rings. The van der Waals surface area contributed by atoms with Gasteiger partial charge in [-0.2, -0.15) is 0 Å². The van der Waals surface area contributed by atoms with Gasteiger partial charge in [-0.15, -0.1) is 0 Å². The number of hydrogen-bond donors (Lipinski definition) is 0. The number of nitrogens with zero attached hydrogens (tertiary/aromatic N) is 1. The van der Waals surface area contributed by atoms with Crippen molar-refractivity contribution < 1.29 is 14.2 Å². The first-order valence-corrected chi connectivity index (χ1v) is 6.92. The van der Waals surface area contributed by atoms with E-state index in [2.05, 4.69) is 0 Å². The highest BCUT2D eigenvalue weighted by Gasteiger charge is 2.13. The van der Waals surface area contributed by atoms with Gasteiger partial charge in [-0.05, 0) is 37.1 Å². The minimum absolute atomic E-state index is 0.0260. The molecule has 0 aliphatic carbocycles. The van der Waals surface area contributed by atoms with E-state index < -0.39 is 0 Å². The van der Waals surface area contributed by atoms with Crippen LogP contribution >= 0.6 is 0 Å². The smallest absolute Gasteiger partial charge is 0.250 e. The van der Waals surface area contributed by atoms with Crippen molar-refractivity contribution in [1.29, 1.82) is 0 Å². The molecule has 5 nitrogen and oxygen atoms in total. The Morgan fingerprint density at radius 2 is 2.05 bits per heavy atom. The summed E-state index contributed by atoms with van der Waals surface area (Å²) in [7, 11) is 0. The molecule has 1 aromatic carbocycles. The first-order chi connectivity index (χ1) is 10.2. The van der Waals surface area contributed by atoms with Gasteiger partial charge in [-0.1, -0.05) is 0 Å². The summed E-state index contributed by atoms with van der Waals surface area (Å²) in [4.78, 5) is 11.7. The molecule has 0 bridgehead atoms. The van der Waals surface area contributed by atoms with Crippen LogP contribution in [-0.2, 0) is 6.54 Å². The van der Waals surface area contributed by atoms with Gasteiger partial charge in [-0.25, -0.2) is 0 Å². The summed E-state index contributed by atoms with van der Waals surface area (Å²) in [6.07, 6.45) is 2.58. The molecule has 0 N–H and O–H groups in total. The first kappa shape index (κ1) is 13.5. The van der Waals surface area contributed by atoms with Crippen molar-refractivity contribution >= 4 is 0 Å². The molecular formula is C16H17NO4. The van der Waals surface area contributed by atoms with Gasteiger partial charge in [0.2, 0.25) is 6.79 Å². The van der Waals surface area contributed by atoms with Gasteiger partial charge >= 0.3 is 0 Å². The predicted molar refractivity (Wildman–Crippen MR) is 78.1 cm³/mol. The lowest BCUT2D eigenvalue weighted by Crippen LogP contribution is -2.19. The van der Waals surface area contributed by atoms with Crippen LogP contribution in [0.5, 0.6) is 17.2 Å². The third-order valence-electron chi connectivity index (χ3n) is 3.31. The van der Waals surface area contributed by atoms with E-state index in [1.165, 1.54) is 0 Å². The van der Waals surface area contributed by atoms with Crippen LogP contribution in [-0.4, -0.2) is 18.0 Å². The Morgan fingerprint density at radius 1 is 1.19 bits per heavy atom. The van der Waals surface area contributed by atoms with E-state index in [9.17, 15) is 4.79 Å². The van der Waals surface area contributed by atoms with Crippen LogP contribution in [0, 0.1) is 6.92 Å². The zero-order valence-electron chi connectivity index (χ0n) is 11.9. The average Bonchev–Trinajstić information content (AvgIpc) is 2.93. The van der Waals surface area contributed by atoms with Crippen LogP contribution in [0.15, 0.2) is 41.3 Å². The van der Waals surface area contributed by atoms with Crippen LogP contribution in [0.2, 0.25) is 0 Å². The van der Waals surface area contributed by atoms with Crippen LogP contribution in [0.4, 0.5) is 0 Å². The molecule has 0 radical (unpaired) electrons. The molecule has 0 amide bonds. The second-order valence-electron chi connectivity index (χ2n) is 4.95. The van der Waals surface area contributed by atoms with Crippen LogP contribution in [0.1, 0.15) is 12.0 Å². The Morgan fingerprint density at radius 3 is 2.90 bits per heavy atom. The molecule has 5 heteroatoms. The zero-order valence-corrected chi connectivity index (χ0v) is 11.9. The van der Waals surface area contributed by atoms with Gasteiger partial charge in [0.05, 0.1) is 6.61 Å². The molecule has 21 heavy (non-hydrogen) atoms. The van der Waals surface area contributed by atoms with Crippen molar-refractivity contribution in [2.75, 3.05) is 13.4 Å². The molecule has 110 valence electrons. The molecule has 1 aliphatic heterocycles. The Kier molecular flexibility index (Phi) is 3.81. The third-order valence-corrected chi connectivity index (χ3v) is 3.31. The topological polar surface area (TPSA) is 49.7 Å². The van der Waals surface area contributed by atoms with E-state index in [1.807, 2.05) is 37.4 Å². The van der Waals surface area contributed by atoms with E-state index in [4.69, 9.17) is 14.2 Å². The van der Waals surface area contributed by atoms with Crippen molar-refractivity contribution in [2.45, 2.75) is 19.9 Å². The minimum atomic E-state index is 0.0260. The van der Waals surface area contributed by atoms with Crippen molar-refractivity contribution in [3.8, 4) is 17.2 Å². The Bertz CT molecular complexity index is 693. The molecule has 0 unspecified atom stereocenters. The fourth-order valence-electron chi connectivity index (χ4n) is 2.18. The van der Waals surface area contributed by atoms with Gasteiger partial charge < -0.3 is 18.8 Å². The molecule has 0 saturated heterocycles. The van der Waals surface area contributed by atoms with Gasteiger partial charge in [0.1, 0.15) is 5.75 Å². The quantitative estimate of drug-likeness (QED) is 0.792. The molecule has 0 spiro atoms. The maximum absolute atomic E-state index is 11.7. The number of aryl methyl sites for hydroxylation is 2. The van der Waals surface area contributed by atoms with Gasteiger partial charge in [0.15, 0.2) is 11.5 Å². The molecule has 1 aromatic heterocycles. The van der Waals surface area contributed by atoms with Gasteiger partial charge in [-0.3, -0.25) is 4.79 Å². The Balaban J connectivity index is 1.51.